The van der Waals surface area contributed by atoms with Crippen LogP contribution in [0.2, 0.25) is 0 Å². The number of anilines is 1. The Morgan fingerprint density at radius 2 is 2.24 bits per heavy atom. The summed E-state index contributed by atoms with van der Waals surface area (Å²) in [4.78, 5) is 29.2. The highest BCUT2D eigenvalue weighted by Crippen LogP contribution is 2.43. The van der Waals surface area contributed by atoms with E-state index in [2.05, 4.69) is 0 Å². The second-order valence-electron chi connectivity index (χ2n) is 6.04. The van der Waals surface area contributed by atoms with Crippen molar-refractivity contribution in [1.82, 2.24) is 4.90 Å². The van der Waals surface area contributed by atoms with Gasteiger partial charge < -0.3 is 14.5 Å². The molecule has 2 fully saturated rings. The molecule has 2 amide bonds. The van der Waals surface area contributed by atoms with E-state index in [1.165, 1.54) is 12.0 Å². The predicted octanol–water partition coefficient (Wildman–Crippen LogP) is 1.66. The van der Waals surface area contributed by atoms with Crippen LogP contribution in [0.3, 0.4) is 0 Å². The molecule has 21 heavy (non-hydrogen) atoms. The van der Waals surface area contributed by atoms with E-state index in [1.807, 2.05) is 28.9 Å². The Labute approximate surface area is 128 Å². The number of aryl methyl sites for hydroxylation is 1. The number of nitrogens with zero attached hydrogens (tertiary/aromatic N) is 2. The lowest BCUT2D eigenvalue weighted by Gasteiger charge is -2.23. The number of hydrogen-bond donors (Lipinski definition) is 0. The SMILES string of the molecule is COCC(=O)N1CC[C@]2(CC(=O)N(c3ccc(C)s3)C2)C1. The first-order valence-electron chi connectivity index (χ1n) is 7.16. The zero-order valence-corrected chi connectivity index (χ0v) is 13.2. The maximum absolute atomic E-state index is 12.4. The Bertz CT molecular complexity index is 571. The van der Waals surface area contributed by atoms with E-state index in [9.17, 15) is 9.59 Å². The molecule has 6 heteroatoms. The van der Waals surface area contributed by atoms with Crippen molar-refractivity contribution in [3.05, 3.63) is 17.0 Å². The van der Waals surface area contributed by atoms with Gasteiger partial charge in [-0.25, -0.2) is 0 Å². The Morgan fingerprint density at radius 1 is 1.43 bits per heavy atom. The molecule has 5 nitrogen and oxygen atoms in total. The highest BCUT2D eigenvalue weighted by molar-refractivity contribution is 7.16. The number of amides is 2. The van der Waals surface area contributed by atoms with Crippen molar-refractivity contribution >= 4 is 28.2 Å². The van der Waals surface area contributed by atoms with Crippen LogP contribution in [0.1, 0.15) is 17.7 Å². The molecule has 0 radical (unpaired) electrons. The van der Waals surface area contributed by atoms with E-state index in [0.29, 0.717) is 13.0 Å². The van der Waals surface area contributed by atoms with Gasteiger partial charge in [0.05, 0.1) is 5.00 Å². The zero-order chi connectivity index (χ0) is 15.0. The lowest BCUT2D eigenvalue weighted by Crippen LogP contribution is -2.35. The van der Waals surface area contributed by atoms with E-state index in [1.54, 1.807) is 11.3 Å². The second-order valence-corrected chi connectivity index (χ2v) is 7.31. The largest absolute Gasteiger partial charge is 0.375 e. The molecule has 0 saturated carbocycles. The number of carbonyl (C=O) groups excluding carboxylic acids is 2. The van der Waals surface area contributed by atoms with Crippen molar-refractivity contribution in [1.29, 1.82) is 0 Å². The maximum Gasteiger partial charge on any atom is 0.248 e. The molecule has 0 aromatic carbocycles. The van der Waals surface area contributed by atoms with Gasteiger partial charge in [-0.15, -0.1) is 11.3 Å². The first kappa shape index (κ1) is 14.5. The van der Waals surface area contributed by atoms with Crippen LogP contribution in [-0.4, -0.2) is 50.1 Å². The predicted molar refractivity (Wildman–Crippen MR) is 81.5 cm³/mol. The summed E-state index contributed by atoms with van der Waals surface area (Å²) in [6.07, 6.45) is 1.44. The smallest absolute Gasteiger partial charge is 0.248 e. The summed E-state index contributed by atoms with van der Waals surface area (Å²) in [5.41, 5.74) is -0.0711. The Hall–Kier alpha value is -1.40. The fourth-order valence-electron chi connectivity index (χ4n) is 3.30. The maximum atomic E-state index is 12.4. The van der Waals surface area contributed by atoms with Crippen LogP contribution >= 0.6 is 11.3 Å². The molecule has 0 N–H and O–H groups in total. The molecule has 2 aliphatic heterocycles. The third-order valence-corrected chi connectivity index (χ3v) is 5.40. The Kier molecular flexibility index (Phi) is 3.75. The van der Waals surface area contributed by atoms with Crippen LogP contribution in [0.15, 0.2) is 12.1 Å². The molecule has 0 unspecified atom stereocenters. The number of thiophene rings is 1. The van der Waals surface area contributed by atoms with Crippen LogP contribution in [-0.2, 0) is 14.3 Å². The summed E-state index contributed by atoms with van der Waals surface area (Å²) in [5.74, 6) is 0.199. The lowest BCUT2D eigenvalue weighted by atomic mass is 9.86. The van der Waals surface area contributed by atoms with Gasteiger partial charge in [0.1, 0.15) is 6.61 Å². The van der Waals surface area contributed by atoms with Crippen molar-refractivity contribution in [2.45, 2.75) is 19.8 Å². The number of likely N-dealkylation sites (tertiary alicyclic amines) is 1. The summed E-state index contributed by atoms with van der Waals surface area (Å²) in [6, 6.07) is 4.06. The number of carbonyl (C=O) groups is 2. The molecular formula is C15H20N2O3S. The number of ether oxygens (including phenoxy) is 1. The molecule has 1 aromatic heterocycles. The average molecular weight is 308 g/mol. The lowest BCUT2D eigenvalue weighted by molar-refractivity contribution is -0.134. The van der Waals surface area contributed by atoms with E-state index in [-0.39, 0.29) is 23.8 Å². The number of hydrogen-bond acceptors (Lipinski definition) is 4. The van der Waals surface area contributed by atoms with Crippen molar-refractivity contribution in [3.63, 3.8) is 0 Å². The molecule has 0 bridgehead atoms. The van der Waals surface area contributed by atoms with Gasteiger partial charge in [0.2, 0.25) is 11.8 Å². The van der Waals surface area contributed by atoms with Gasteiger partial charge in [0, 0.05) is 43.5 Å². The Morgan fingerprint density at radius 3 is 2.90 bits per heavy atom. The fourth-order valence-corrected chi connectivity index (χ4v) is 4.18. The van der Waals surface area contributed by atoms with Gasteiger partial charge in [0.25, 0.3) is 0 Å². The Balaban J connectivity index is 1.71. The van der Waals surface area contributed by atoms with E-state index in [4.69, 9.17) is 4.74 Å². The van der Waals surface area contributed by atoms with Crippen LogP contribution in [0.4, 0.5) is 5.00 Å². The summed E-state index contributed by atoms with van der Waals surface area (Å²) in [6.45, 7) is 4.29. The van der Waals surface area contributed by atoms with Crippen molar-refractivity contribution in [2.75, 3.05) is 38.3 Å². The number of methoxy groups -OCH3 is 1. The minimum atomic E-state index is -0.0711. The van der Waals surface area contributed by atoms with E-state index >= 15 is 0 Å². The van der Waals surface area contributed by atoms with Crippen LogP contribution < -0.4 is 4.90 Å². The molecule has 1 spiro atoms. The molecule has 2 aliphatic rings. The highest BCUT2D eigenvalue weighted by Gasteiger charge is 2.48. The van der Waals surface area contributed by atoms with Crippen molar-refractivity contribution in [3.8, 4) is 0 Å². The normalized spacial score (nSPS) is 25.3. The first-order valence-corrected chi connectivity index (χ1v) is 7.98. The summed E-state index contributed by atoms with van der Waals surface area (Å²) in [7, 11) is 1.53. The molecule has 1 aromatic rings. The van der Waals surface area contributed by atoms with Gasteiger partial charge in [0.15, 0.2) is 0 Å². The topological polar surface area (TPSA) is 49.9 Å². The minimum absolute atomic E-state index is 0.0206. The molecule has 3 heterocycles. The third kappa shape index (κ3) is 2.70. The minimum Gasteiger partial charge on any atom is -0.375 e. The highest BCUT2D eigenvalue weighted by atomic mass is 32.1. The van der Waals surface area contributed by atoms with Crippen LogP contribution in [0, 0.1) is 12.3 Å². The van der Waals surface area contributed by atoms with Gasteiger partial charge in [-0.05, 0) is 25.5 Å². The summed E-state index contributed by atoms with van der Waals surface area (Å²) in [5, 5.41) is 1.02. The van der Waals surface area contributed by atoms with E-state index in [0.717, 1.165) is 24.5 Å². The van der Waals surface area contributed by atoms with Gasteiger partial charge in [-0.2, -0.15) is 0 Å². The number of rotatable bonds is 3. The molecule has 0 aliphatic carbocycles. The van der Waals surface area contributed by atoms with Gasteiger partial charge in [-0.1, -0.05) is 0 Å². The summed E-state index contributed by atoms with van der Waals surface area (Å²) < 4.78 is 4.91. The zero-order valence-electron chi connectivity index (χ0n) is 12.4. The first-order chi connectivity index (χ1) is 10.0. The molecule has 3 rings (SSSR count). The van der Waals surface area contributed by atoms with Crippen molar-refractivity contribution in [2.24, 2.45) is 5.41 Å². The monoisotopic (exact) mass is 308 g/mol. The van der Waals surface area contributed by atoms with Crippen LogP contribution in [0.5, 0.6) is 0 Å². The van der Waals surface area contributed by atoms with Gasteiger partial charge in [-0.3, -0.25) is 9.59 Å². The molecule has 2 saturated heterocycles. The average Bonchev–Trinajstić information content (AvgIpc) is 3.11. The molecular weight excluding hydrogens is 288 g/mol. The van der Waals surface area contributed by atoms with Crippen molar-refractivity contribution < 1.29 is 14.3 Å². The second kappa shape index (κ2) is 5.42. The quantitative estimate of drug-likeness (QED) is 0.853. The third-order valence-electron chi connectivity index (χ3n) is 4.37. The summed E-state index contributed by atoms with van der Waals surface area (Å²) >= 11 is 1.65. The van der Waals surface area contributed by atoms with Gasteiger partial charge >= 0.3 is 0 Å². The fraction of sp³-hybridized carbons (Fsp3) is 0.600. The van der Waals surface area contributed by atoms with Crippen LogP contribution in [0.25, 0.3) is 0 Å². The molecule has 114 valence electrons. The van der Waals surface area contributed by atoms with E-state index < -0.39 is 0 Å². The standard InChI is InChI=1S/C15H20N2O3S/c1-11-3-4-14(21-11)17-10-15(7-12(17)18)5-6-16(9-15)13(19)8-20-2/h3-4H,5-10H2,1-2H3/t15-/m0/s1. The molecule has 1 atom stereocenters.